The molecule has 0 bridgehead atoms. The molecule has 2 fully saturated rings. The first-order valence-electron chi connectivity index (χ1n) is 9.97. The van der Waals surface area contributed by atoms with E-state index in [0.29, 0.717) is 12.3 Å². The fourth-order valence-corrected chi connectivity index (χ4v) is 7.07. The number of hydrogen-bond acceptors (Lipinski definition) is 6. The predicted molar refractivity (Wildman–Crippen MR) is 114 cm³/mol. The molecule has 3 heterocycles. The molecule has 27 heavy (non-hydrogen) atoms. The van der Waals surface area contributed by atoms with Crippen LogP contribution in [0.4, 0.5) is 5.69 Å². The fourth-order valence-electron chi connectivity index (χ4n) is 4.35. The van der Waals surface area contributed by atoms with Crippen molar-refractivity contribution in [1.29, 1.82) is 0 Å². The van der Waals surface area contributed by atoms with Crippen LogP contribution >= 0.6 is 22.1 Å². The van der Waals surface area contributed by atoms with Crippen LogP contribution in [-0.2, 0) is 12.8 Å². The summed E-state index contributed by atoms with van der Waals surface area (Å²) in [6.45, 7) is 3.03. The Morgan fingerprint density at radius 1 is 1.00 bits per heavy atom. The second-order valence-electron chi connectivity index (χ2n) is 7.85. The normalized spacial score (nSPS) is 24.3. The minimum absolute atomic E-state index is 0.478. The van der Waals surface area contributed by atoms with Crippen molar-refractivity contribution < 1.29 is 9.11 Å². The molecule has 5 rings (SSSR count). The molecular weight excluding hydrogens is 378 g/mol. The molecule has 1 aliphatic carbocycles. The van der Waals surface area contributed by atoms with Crippen LogP contribution in [0.1, 0.15) is 36.3 Å². The highest BCUT2D eigenvalue weighted by atomic mass is 32.3. The summed E-state index contributed by atoms with van der Waals surface area (Å²) in [6, 6.07) is 8.97. The minimum Gasteiger partial charge on any atom is -0.300 e. The second-order valence-corrected chi connectivity index (χ2v) is 11.0. The Hall–Kier alpha value is -1.12. The van der Waals surface area contributed by atoms with Crippen LogP contribution in [0, 0.1) is 0 Å². The third kappa shape index (κ3) is 3.40. The minimum atomic E-state index is -2.62. The molecule has 0 spiro atoms. The van der Waals surface area contributed by atoms with Gasteiger partial charge in [-0.3, -0.25) is 18.3 Å². The highest BCUT2D eigenvalue weighted by molar-refractivity contribution is 8.25. The third-order valence-electron chi connectivity index (χ3n) is 6.17. The Balaban J connectivity index is 1.32. The molecular formula is C20H27N3O2S2. The highest BCUT2D eigenvalue weighted by Crippen LogP contribution is 2.51. The highest BCUT2D eigenvalue weighted by Gasteiger charge is 2.29. The van der Waals surface area contributed by atoms with Crippen molar-refractivity contribution in [1.82, 2.24) is 9.88 Å². The zero-order valence-electron chi connectivity index (χ0n) is 15.5. The molecule has 5 nitrogen and oxygen atoms in total. The molecule has 1 saturated carbocycles. The van der Waals surface area contributed by atoms with E-state index in [4.69, 9.17) is 4.98 Å². The summed E-state index contributed by atoms with van der Waals surface area (Å²) in [4.78, 5) is 9.08. The van der Waals surface area contributed by atoms with Crippen molar-refractivity contribution in [2.45, 2.75) is 44.6 Å². The average molecular weight is 406 g/mol. The number of rotatable bonds is 3. The number of benzene rings is 1. The number of thiazole rings is 1. The number of fused-ring (bicyclic) bond motifs is 1. The van der Waals surface area contributed by atoms with Crippen LogP contribution in [-0.4, -0.2) is 50.4 Å². The van der Waals surface area contributed by atoms with Gasteiger partial charge >= 0.3 is 0 Å². The van der Waals surface area contributed by atoms with Gasteiger partial charge in [-0.1, -0.05) is 6.42 Å². The average Bonchev–Trinajstić information content (AvgIpc) is 3.13. The van der Waals surface area contributed by atoms with Gasteiger partial charge in [0.2, 0.25) is 0 Å². The predicted octanol–water partition coefficient (Wildman–Crippen LogP) is 4.64. The van der Waals surface area contributed by atoms with Crippen molar-refractivity contribution in [2.75, 3.05) is 29.7 Å². The van der Waals surface area contributed by atoms with Gasteiger partial charge in [0.1, 0.15) is 5.01 Å². The number of anilines is 1. The summed E-state index contributed by atoms with van der Waals surface area (Å²) >= 11 is 1.83. The SMILES string of the molecule is OS1(O)CCCN1c1ccc(-c2nc3c(s2)CCN(C2CCC2)CC3)cc1. The molecule has 2 aliphatic heterocycles. The van der Waals surface area contributed by atoms with E-state index in [1.807, 2.05) is 23.5 Å². The summed E-state index contributed by atoms with van der Waals surface area (Å²) in [6.07, 6.45) is 7.17. The molecule has 0 unspecified atom stereocenters. The van der Waals surface area contributed by atoms with Gasteiger partial charge in [-0.15, -0.1) is 22.1 Å². The van der Waals surface area contributed by atoms with Gasteiger partial charge in [0, 0.05) is 42.5 Å². The standard InChI is InChI=1S/C20H27N3O2S2/c24-27(25)14-2-11-23(27)17-7-5-15(6-8-17)20-21-18-9-12-22(16-3-1-4-16)13-10-19(18)26-20/h5-8,16,24-25H,1-4,9-14H2. The van der Waals surface area contributed by atoms with Crippen molar-refractivity contribution in [3.05, 3.63) is 34.8 Å². The molecule has 0 radical (unpaired) electrons. The van der Waals surface area contributed by atoms with E-state index in [2.05, 4.69) is 17.0 Å². The summed E-state index contributed by atoms with van der Waals surface area (Å²) in [5, 5.41) is 1.09. The fraction of sp³-hybridized carbons (Fsp3) is 0.550. The first kappa shape index (κ1) is 17.9. The Morgan fingerprint density at radius 3 is 2.44 bits per heavy atom. The van der Waals surface area contributed by atoms with Crippen LogP contribution in [0.3, 0.4) is 0 Å². The van der Waals surface area contributed by atoms with Gasteiger partial charge in [0.25, 0.3) is 0 Å². The molecule has 2 aromatic rings. The van der Waals surface area contributed by atoms with Crippen LogP contribution < -0.4 is 4.31 Å². The van der Waals surface area contributed by atoms with Crippen molar-refractivity contribution >= 4 is 27.8 Å². The van der Waals surface area contributed by atoms with E-state index in [9.17, 15) is 9.11 Å². The number of hydrogen-bond donors (Lipinski definition) is 2. The summed E-state index contributed by atoms with van der Waals surface area (Å²) in [5.74, 6) is 0.478. The van der Waals surface area contributed by atoms with Gasteiger partial charge in [-0.2, -0.15) is 0 Å². The topological polar surface area (TPSA) is 59.8 Å². The van der Waals surface area contributed by atoms with Crippen LogP contribution in [0.5, 0.6) is 0 Å². The molecule has 3 aliphatic rings. The van der Waals surface area contributed by atoms with E-state index < -0.39 is 10.8 Å². The molecule has 0 amide bonds. The Bertz CT molecular complexity index is 792. The monoisotopic (exact) mass is 405 g/mol. The van der Waals surface area contributed by atoms with Gasteiger partial charge in [-0.05, 0) is 49.9 Å². The van der Waals surface area contributed by atoms with Crippen molar-refractivity contribution in [2.24, 2.45) is 0 Å². The first-order chi connectivity index (χ1) is 13.1. The van der Waals surface area contributed by atoms with Crippen LogP contribution in [0.2, 0.25) is 0 Å². The molecule has 1 saturated heterocycles. The van der Waals surface area contributed by atoms with Gasteiger partial charge in [0.15, 0.2) is 0 Å². The van der Waals surface area contributed by atoms with E-state index in [1.54, 1.807) is 4.31 Å². The molecule has 1 aromatic heterocycles. The van der Waals surface area contributed by atoms with Gasteiger partial charge < -0.3 is 0 Å². The Kier molecular flexibility index (Phi) is 4.68. The van der Waals surface area contributed by atoms with Crippen molar-refractivity contribution in [3.8, 4) is 10.6 Å². The summed E-state index contributed by atoms with van der Waals surface area (Å²) < 4.78 is 22.1. The quantitative estimate of drug-likeness (QED) is 0.779. The summed E-state index contributed by atoms with van der Waals surface area (Å²) in [7, 11) is -2.62. The third-order valence-corrected chi connectivity index (χ3v) is 9.31. The maximum absolute atomic E-state index is 10.2. The molecule has 7 heteroatoms. The smallest absolute Gasteiger partial charge is 0.123 e. The number of nitrogens with zero attached hydrogens (tertiary/aromatic N) is 3. The second kappa shape index (κ2) is 7.04. The maximum Gasteiger partial charge on any atom is 0.123 e. The lowest BCUT2D eigenvalue weighted by molar-refractivity contribution is 0.133. The van der Waals surface area contributed by atoms with Crippen LogP contribution in [0.25, 0.3) is 10.6 Å². The first-order valence-corrected chi connectivity index (χ1v) is 12.5. The van der Waals surface area contributed by atoms with E-state index in [0.717, 1.165) is 48.1 Å². The maximum atomic E-state index is 10.2. The number of aromatic nitrogens is 1. The van der Waals surface area contributed by atoms with Gasteiger partial charge in [-0.25, -0.2) is 4.98 Å². The zero-order valence-corrected chi connectivity index (χ0v) is 17.1. The largest absolute Gasteiger partial charge is 0.300 e. The summed E-state index contributed by atoms with van der Waals surface area (Å²) in [5.41, 5.74) is 3.31. The molecule has 1 aromatic carbocycles. The lowest BCUT2D eigenvalue weighted by Gasteiger charge is -2.38. The molecule has 146 valence electrons. The zero-order chi connectivity index (χ0) is 18.4. The van der Waals surface area contributed by atoms with Crippen LogP contribution in [0.15, 0.2) is 24.3 Å². The van der Waals surface area contributed by atoms with E-state index in [1.165, 1.54) is 36.4 Å². The molecule has 2 N–H and O–H groups in total. The lowest BCUT2D eigenvalue weighted by Crippen LogP contribution is -2.41. The van der Waals surface area contributed by atoms with Crippen molar-refractivity contribution in [3.63, 3.8) is 0 Å². The van der Waals surface area contributed by atoms with Gasteiger partial charge in [0.05, 0.1) is 17.1 Å². The Labute approximate surface area is 166 Å². The van der Waals surface area contributed by atoms with E-state index in [-0.39, 0.29) is 0 Å². The Morgan fingerprint density at radius 2 is 1.78 bits per heavy atom. The lowest BCUT2D eigenvalue weighted by atomic mass is 9.91. The molecule has 0 atom stereocenters. The van der Waals surface area contributed by atoms with E-state index >= 15 is 0 Å².